The van der Waals surface area contributed by atoms with Crippen LogP contribution in [0.4, 0.5) is 0 Å². The van der Waals surface area contributed by atoms with Crippen LogP contribution in [0, 0.1) is 28.1 Å². The van der Waals surface area contributed by atoms with Gasteiger partial charge in [0, 0.05) is 11.8 Å². The van der Waals surface area contributed by atoms with Crippen LogP contribution >= 0.6 is 0 Å². The van der Waals surface area contributed by atoms with Gasteiger partial charge >= 0.3 is 0 Å². The van der Waals surface area contributed by atoms with Gasteiger partial charge in [-0.3, -0.25) is 4.79 Å². The Balaban J connectivity index is 1.78. The second-order valence-electron chi connectivity index (χ2n) is 9.79. The molecule has 122 valence electrons. The molecule has 0 aromatic rings. The van der Waals surface area contributed by atoms with Crippen molar-refractivity contribution in [3.05, 3.63) is 11.1 Å². The number of allylic oxidation sites excluding steroid dienone is 2. The molecule has 3 fully saturated rings. The van der Waals surface area contributed by atoms with Gasteiger partial charge in [-0.25, -0.2) is 0 Å². The van der Waals surface area contributed by atoms with Crippen LogP contribution in [-0.4, -0.2) is 5.78 Å². The van der Waals surface area contributed by atoms with Gasteiger partial charge in [0.15, 0.2) is 0 Å². The molecule has 0 spiro atoms. The second-order valence-corrected chi connectivity index (χ2v) is 9.79. The van der Waals surface area contributed by atoms with E-state index in [1.807, 2.05) is 0 Å². The van der Waals surface area contributed by atoms with Crippen LogP contribution in [-0.2, 0) is 4.79 Å². The van der Waals surface area contributed by atoms with Crippen molar-refractivity contribution in [2.45, 2.75) is 85.5 Å². The minimum atomic E-state index is -0.0702. The van der Waals surface area contributed by atoms with E-state index >= 15 is 0 Å². The summed E-state index contributed by atoms with van der Waals surface area (Å²) < 4.78 is 0. The van der Waals surface area contributed by atoms with Crippen molar-refractivity contribution in [1.82, 2.24) is 0 Å². The van der Waals surface area contributed by atoms with Gasteiger partial charge in [-0.1, -0.05) is 38.3 Å². The van der Waals surface area contributed by atoms with Crippen molar-refractivity contribution in [2.75, 3.05) is 0 Å². The Bertz CT molecular complexity index is 554. The van der Waals surface area contributed by atoms with Crippen molar-refractivity contribution in [3.63, 3.8) is 0 Å². The summed E-state index contributed by atoms with van der Waals surface area (Å²) in [5.74, 6) is 2.19. The van der Waals surface area contributed by atoms with Crippen molar-refractivity contribution < 1.29 is 4.79 Å². The van der Waals surface area contributed by atoms with E-state index in [0.29, 0.717) is 16.6 Å². The van der Waals surface area contributed by atoms with Crippen molar-refractivity contribution in [3.8, 4) is 0 Å². The highest BCUT2D eigenvalue weighted by molar-refractivity contribution is 5.91. The molecule has 4 atom stereocenters. The zero-order valence-electron chi connectivity index (χ0n) is 14.9. The van der Waals surface area contributed by atoms with Crippen molar-refractivity contribution in [1.29, 1.82) is 0 Å². The third-order valence-corrected chi connectivity index (χ3v) is 8.40. The molecule has 0 radical (unpaired) electrons. The number of Topliss-reactive ketones (excluding diaryl/α,β-unsaturated/α-hetero) is 1. The van der Waals surface area contributed by atoms with E-state index < -0.39 is 0 Å². The summed E-state index contributed by atoms with van der Waals surface area (Å²) in [6, 6.07) is 0. The largest absolute Gasteiger partial charge is 0.299 e. The molecule has 3 saturated carbocycles. The smallest absolute Gasteiger partial charge is 0.143 e. The maximum Gasteiger partial charge on any atom is 0.143 e. The Morgan fingerprint density at radius 2 is 1.68 bits per heavy atom. The molecule has 0 aromatic carbocycles. The first-order chi connectivity index (χ1) is 10.3. The van der Waals surface area contributed by atoms with E-state index in [0.717, 1.165) is 31.1 Å². The van der Waals surface area contributed by atoms with Crippen LogP contribution in [0.5, 0.6) is 0 Å². The Kier molecular flexibility index (Phi) is 3.05. The first kappa shape index (κ1) is 15.0. The lowest BCUT2D eigenvalue weighted by Crippen LogP contribution is -2.51. The first-order valence-corrected chi connectivity index (χ1v) is 9.55. The monoisotopic (exact) mass is 300 g/mol. The molecular weight excluding hydrogens is 268 g/mol. The zero-order chi connectivity index (χ0) is 15.8. The average Bonchev–Trinajstić information content (AvgIpc) is 2.74. The van der Waals surface area contributed by atoms with Crippen LogP contribution in [0.1, 0.15) is 85.5 Å². The molecule has 0 saturated heterocycles. The van der Waals surface area contributed by atoms with Crippen LogP contribution < -0.4 is 0 Å². The Morgan fingerprint density at radius 1 is 0.909 bits per heavy atom. The molecule has 4 aliphatic carbocycles. The number of rotatable bonds is 0. The van der Waals surface area contributed by atoms with E-state index in [9.17, 15) is 4.79 Å². The van der Waals surface area contributed by atoms with Gasteiger partial charge < -0.3 is 0 Å². The number of hydrogen-bond acceptors (Lipinski definition) is 1. The van der Waals surface area contributed by atoms with Gasteiger partial charge in [-0.2, -0.15) is 0 Å². The molecule has 0 bridgehead atoms. The molecule has 0 amide bonds. The summed E-state index contributed by atoms with van der Waals surface area (Å²) in [6.07, 6.45) is 11.1. The number of ketones is 1. The molecule has 0 heterocycles. The van der Waals surface area contributed by atoms with E-state index in [1.165, 1.54) is 38.5 Å². The molecule has 0 N–H and O–H groups in total. The van der Waals surface area contributed by atoms with E-state index in [4.69, 9.17) is 0 Å². The first-order valence-electron chi connectivity index (χ1n) is 9.55. The highest BCUT2D eigenvalue weighted by Crippen LogP contribution is 2.66. The summed E-state index contributed by atoms with van der Waals surface area (Å²) in [6.45, 7) is 9.88. The fourth-order valence-electron chi connectivity index (χ4n) is 7.24. The zero-order valence-corrected chi connectivity index (χ0v) is 14.9. The fourth-order valence-corrected chi connectivity index (χ4v) is 7.24. The van der Waals surface area contributed by atoms with Gasteiger partial charge in [0.1, 0.15) is 5.78 Å². The van der Waals surface area contributed by atoms with Crippen molar-refractivity contribution in [2.24, 2.45) is 28.1 Å². The highest BCUT2D eigenvalue weighted by Gasteiger charge is 2.57. The molecular formula is C21H32O. The summed E-state index contributed by atoms with van der Waals surface area (Å²) in [5.41, 5.74) is 4.28. The Morgan fingerprint density at radius 3 is 2.45 bits per heavy atom. The Labute approximate surface area is 135 Å². The topological polar surface area (TPSA) is 17.1 Å². The van der Waals surface area contributed by atoms with E-state index in [1.54, 1.807) is 11.1 Å². The SMILES string of the molecule is CC1(C)CCC[C@]2(C)[C@H]3CC[C@]4(C)C(=O)CCC4=C3CC[C@@H]12. The molecule has 0 unspecified atom stereocenters. The maximum absolute atomic E-state index is 12.4. The van der Waals surface area contributed by atoms with Crippen LogP contribution in [0.2, 0.25) is 0 Å². The fraction of sp³-hybridized carbons (Fsp3) is 0.857. The van der Waals surface area contributed by atoms with Crippen LogP contribution in [0.25, 0.3) is 0 Å². The predicted octanol–water partition coefficient (Wildman–Crippen LogP) is 5.69. The number of fused-ring (bicyclic) bond motifs is 4. The van der Waals surface area contributed by atoms with Gasteiger partial charge in [-0.15, -0.1) is 0 Å². The summed E-state index contributed by atoms with van der Waals surface area (Å²) in [5, 5.41) is 0. The van der Waals surface area contributed by atoms with Crippen LogP contribution in [0.3, 0.4) is 0 Å². The molecule has 1 heteroatoms. The summed E-state index contributed by atoms with van der Waals surface area (Å²) in [7, 11) is 0. The third-order valence-electron chi connectivity index (χ3n) is 8.40. The molecule has 22 heavy (non-hydrogen) atoms. The lowest BCUT2D eigenvalue weighted by molar-refractivity contribution is -0.125. The van der Waals surface area contributed by atoms with E-state index in [2.05, 4.69) is 27.7 Å². The molecule has 0 aliphatic heterocycles. The lowest BCUT2D eigenvalue weighted by Gasteiger charge is -2.60. The number of carbonyl (C=O) groups is 1. The Hall–Kier alpha value is -0.590. The van der Waals surface area contributed by atoms with Crippen LogP contribution in [0.15, 0.2) is 11.1 Å². The number of hydrogen-bond donors (Lipinski definition) is 0. The quantitative estimate of drug-likeness (QED) is 0.525. The second kappa shape index (κ2) is 4.48. The minimum absolute atomic E-state index is 0.0702. The average molecular weight is 300 g/mol. The van der Waals surface area contributed by atoms with E-state index in [-0.39, 0.29) is 5.41 Å². The van der Waals surface area contributed by atoms with Crippen molar-refractivity contribution >= 4 is 5.78 Å². The highest BCUT2D eigenvalue weighted by atomic mass is 16.1. The normalized spacial score (nSPS) is 47.0. The standard InChI is InChI=1S/C21H32O/c1-19(2)11-5-12-20(3)16-10-13-21(4)15(7-9-18(21)22)14(16)6-8-17(19)20/h16-17H,5-13H2,1-4H3/t16-,17-,20+,21-/m0/s1. The molecule has 4 rings (SSSR count). The van der Waals surface area contributed by atoms with Gasteiger partial charge in [-0.05, 0) is 74.5 Å². The molecule has 4 aliphatic rings. The number of carbonyl (C=O) groups excluding carboxylic acids is 1. The summed E-state index contributed by atoms with van der Waals surface area (Å²) in [4.78, 5) is 12.4. The third kappa shape index (κ3) is 1.74. The maximum atomic E-state index is 12.4. The molecule has 1 nitrogen and oxygen atoms in total. The van der Waals surface area contributed by atoms with Gasteiger partial charge in [0.05, 0.1) is 0 Å². The predicted molar refractivity (Wildman–Crippen MR) is 90.6 cm³/mol. The minimum Gasteiger partial charge on any atom is -0.299 e. The van der Waals surface area contributed by atoms with Gasteiger partial charge in [0.25, 0.3) is 0 Å². The lowest BCUT2D eigenvalue weighted by atomic mass is 9.45. The molecule has 0 aromatic heterocycles. The summed E-state index contributed by atoms with van der Waals surface area (Å²) >= 11 is 0. The van der Waals surface area contributed by atoms with Gasteiger partial charge in [0.2, 0.25) is 0 Å².